The monoisotopic (exact) mass is 494 g/mol. The van der Waals surface area contributed by atoms with Crippen molar-refractivity contribution in [3.8, 4) is 0 Å². The molecule has 196 valence electrons. The van der Waals surface area contributed by atoms with Gasteiger partial charge in [0.15, 0.2) is 6.29 Å². The summed E-state index contributed by atoms with van der Waals surface area (Å²) in [4.78, 5) is 25.5. The zero-order valence-corrected chi connectivity index (χ0v) is 21.1. The third-order valence-corrected chi connectivity index (χ3v) is 10.7. The van der Waals surface area contributed by atoms with Crippen LogP contribution >= 0.6 is 0 Å². The topological polar surface area (TPSA) is 61.8 Å². The lowest BCUT2D eigenvalue weighted by Crippen LogP contribution is -2.58. The maximum atomic E-state index is 13.9. The number of alkyl halides is 2. The van der Waals surface area contributed by atoms with E-state index in [0.29, 0.717) is 25.4 Å². The second kappa shape index (κ2) is 8.39. The molecule has 0 N–H and O–H groups in total. The van der Waals surface area contributed by atoms with E-state index in [0.717, 1.165) is 37.0 Å². The minimum Gasteiger partial charge on any atom is -0.457 e. The predicted molar refractivity (Wildman–Crippen MR) is 123 cm³/mol. The first-order valence-corrected chi connectivity index (χ1v) is 14.0. The largest absolute Gasteiger partial charge is 0.457 e. The van der Waals surface area contributed by atoms with Crippen LogP contribution in [0.4, 0.5) is 8.78 Å². The number of carbonyl (C=O) groups is 2. The summed E-state index contributed by atoms with van der Waals surface area (Å²) in [7, 11) is 0. The van der Waals surface area contributed by atoms with Crippen molar-refractivity contribution in [2.75, 3.05) is 6.61 Å². The van der Waals surface area contributed by atoms with E-state index in [4.69, 9.17) is 14.2 Å². The highest BCUT2D eigenvalue weighted by molar-refractivity contribution is 5.79. The Morgan fingerprint density at radius 2 is 1.43 bits per heavy atom. The van der Waals surface area contributed by atoms with Gasteiger partial charge in [-0.15, -0.1) is 0 Å². The van der Waals surface area contributed by atoms with Gasteiger partial charge in [0.2, 0.25) is 0 Å². The molecule has 0 spiro atoms. The number of hydrogen-bond donors (Lipinski definition) is 0. The van der Waals surface area contributed by atoms with Crippen LogP contribution in [0.1, 0.15) is 90.9 Å². The summed E-state index contributed by atoms with van der Waals surface area (Å²) >= 11 is 0. The minimum absolute atomic E-state index is 0.0475. The summed E-state index contributed by atoms with van der Waals surface area (Å²) in [5.41, 5.74) is -0.321. The predicted octanol–water partition coefficient (Wildman–Crippen LogP) is 5.89. The van der Waals surface area contributed by atoms with Crippen LogP contribution in [0.15, 0.2) is 0 Å². The average molecular weight is 495 g/mol. The number of esters is 2. The Bertz CT molecular complexity index is 820. The zero-order chi connectivity index (χ0) is 24.6. The fourth-order valence-electron chi connectivity index (χ4n) is 9.84. The van der Waals surface area contributed by atoms with Crippen LogP contribution in [0.25, 0.3) is 0 Å². The van der Waals surface area contributed by atoms with Crippen LogP contribution in [0, 0.1) is 46.3 Å². The fourth-order valence-corrected chi connectivity index (χ4v) is 9.84. The number of rotatable bonds is 8. The Morgan fingerprint density at radius 3 is 1.97 bits per heavy atom. The maximum Gasteiger partial charge on any atom is 0.377 e. The van der Waals surface area contributed by atoms with Crippen LogP contribution in [0.3, 0.4) is 0 Å². The second-order valence-corrected chi connectivity index (χ2v) is 13.4. The maximum absolute atomic E-state index is 13.9. The fraction of sp³-hybridized carbons (Fsp3) is 0.929. The molecule has 0 aromatic rings. The molecule has 5 nitrogen and oxygen atoms in total. The van der Waals surface area contributed by atoms with Gasteiger partial charge in [0, 0.05) is 6.42 Å². The highest BCUT2D eigenvalue weighted by Gasteiger charge is 2.61. The third kappa shape index (κ3) is 4.21. The highest BCUT2D eigenvalue weighted by atomic mass is 19.3. The summed E-state index contributed by atoms with van der Waals surface area (Å²) in [5.74, 6) is -2.24. The van der Waals surface area contributed by atoms with Crippen molar-refractivity contribution in [2.24, 2.45) is 46.3 Å². The number of carbonyl (C=O) groups excluding carboxylic acids is 2. The van der Waals surface area contributed by atoms with Gasteiger partial charge in [0.1, 0.15) is 6.10 Å². The van der Waals surface area contributed by atoms with E-state index >= 15 is 0 Å². The van der Waals surface area contributed by atoms with Gasteiger partial charge >= 0.3 is 17.9 Å². The molecule has 35 heavy (non-hydrogen) atoms. The number of ether oxygens (including phenoxy) is 3. The van der Waals surface area contributed by atoms with Crippen molar-refractivity contribution in [3.63, 3.8) is 0 Å². The second-order valence-electron chi connectivity index (χ2n) is 13.4. The molecule has 7 heteroatoms. The molecule has 0 aliphatic heterocycles. The molecule has 0 heterocycles. The molecule has 8 fully saturated rings. The Hall–Kier alpha value is -1.24. The van der Waals surface area contributed by atoms with E-state index < -0.39 is 36.1 Å². The lowest BCUT2D eigenvalue weighted by atomic mass is 9.48. The minimum atomic E-state index is -3.45. The van der Waals surface area contributed by atoms with Crippen LogP contribution in [-0.2, 0) is 23.8 Å². The lowest BCUT2D eigenvalue weighted by Gasteiger charge is -2.58. The van der Waals surface area contributed by atoms with Crippen molar-refractivity contribution in [1.82, 2.24) is 0 Å². The van der Waals surface area contributed by atoms with Gasteiger partial charge < -0.3 is 14.2 Å². The molecule has 0 aromatic carbocycles. The van der Waals surface area contributed by atoms with Gasteiger partial charge in [-0.05, 0) is 118 Å². The number of hydrogen-bond acceptors (Lipinski definition) is 5. The van der Waals surface area contributed by atoms with Gasteiger partial charge in [-0.1, -0.05) is 6.92 Å². The van der Waals surface area contributed by atoms with E-state index in [1.165, 1.54) is 45.4 Å². The Morgan fingerprint density at radius 1 is 0.886 bits per heavy atom. The Balaban J connectivity index is 1.06. The van der Waals surface area contributed by atoms with E-state index in [2.05, 4.69) is 0 Å². The normalized spacial score (nSPS) is 46.0. The highest BCUT2D eigenvalue weighted by Crippen LogP contribution is 2.62. The lowest BCUT2D eigenvalue weighted by molar-refractivity contribution is -0.223. The molecular formula is C28H40F2O5. The van der Waals surface area contributed by atoms with Gasteiger partial charge in [-0.2, -0.15) is 8.78 Å². The summed E-state index contributed by atoms with van der Waals surface area (Å²) in [5, 5.41) is 0. The van der Waals surface area contributed by atoms with E-state index in [1.807, 2.05) is 6.92 Å². The van der Waals surface area contributed by atoms with Crippen LogP contribution in [0.5, 0.6) is 0 Å². The van der Waals surface area contributed by atoms with Crippen LogP contribution < -0.4 is 0 Å². The van der Waals surface area contributed by atoms with Gasteiger partial charge in [-0.3, -0.25) is 4.79 Å². The molecule has 8 saturated carbocycles. The van der Waals surface area contributed by atoms with Crippen molar-refractivity contribution >= 4 is 11.9 Å². The molecule has 8 rings (SSSR count). The molecule has 3 atom stereocenters. The van der Waals surface area contributed by atoms with Crippen molar-refractivity contribution in [3.05, 3.63) is 0 Å². The van der Waals surface area contributed by atoms with Gasteiger partial charge in [0.05, 0.1) is 12.0 Å². The van der Waals surface area contributed by atoms with E-state index in [9.17, 15) is 18.4 Å². The van der Waals surface area contributed by atoms with Crippen LogP contribution in [0.2, 0.25) is 0 Å². The summed E-state index contributed by atoms with van der Waals surface area (Å²) in [6, 6.07) is 0. The molecule has 3 unspecified atom stereocenters. The Labute approximate surface area is 207 Å². The van der Waals surface area contributed by atoms with Crippen molar-refractivity contribution < 1.29 is 32.6 Å². The first-order chi connectivity index (χ1) is 16.6. The molecule has 0 saturated heterocycles. The molecule has 0 amide bonds. The van der Waals surface area contributed by atoms with Crippen molar-refractivity contribution in [2.45, 2.75) is 109 Å². The zero-order valence-electron chi connectivity index (χ0n) is 21.1. The first-order valence-electron chi connectivity index (χ1n) is 14.0. The van der Waals surface area contributed by atoms with Gasteiger partial charge in [0.25, 0.3) is 0 Å². The summed E-state index contributed by atoms with van der Waals surface area (Å²) in [6.07, 6.45) is 9.84. The number of halogens is 2. The molecule has 0 radical (unpaired) electrons. The van der Waals surface area contributed by atoms with Crippen LogP contribution in [-0.4, -0.2) is 36.9 Å². The molecular weight excluding hydrogens is 454 g/mol. The molecule has 8 aliphatic rings. The molecule has 8 aliphatic carbocycles. The van der Waals surface area contributed by atoms with E-state index in [-0.39, 0.29) is 23.2 Å². The molecule has 8 bridgehead atoms. The SMILES string of the molecule is CCC(F)(F)C(=O)OC1C2CC3CC1CC(C(=O)OC(C)OCC14CC5CC(CC(C5)C1)C4)(C3)C2. The standard InChI is InChI=1S/C28H40F2O5/c1-3-28(29,30)25(32)35-23-21-7-20-8-22(23)14-27(12-20,13-21)24(31)34-16(2)33-15-26-9-17-4-18(10-26)6-19(5-17)11-26/h16-23H,3-15H2,1-2H3. The van der Waals surface area contributed by atoms with E-state index in [1.54, 1.807) is 0 Å². The smallest absolute Gasteiger partial charge is 0.377 e. The first kappa shape index (κ1) is 24.1. The quantitative estimate of drug-likeness (QED) is 0.311. The molecule has 0 aromatic heterocycles. The average Bonchev–Trinajstić information content (AvgIpc) is 2.78. The summed E-state index contributed by atoms with van der Waals surface area (Å²) in [6.45, 7) is 3.79. The third-order valence-electron chi connectivity index (χ3n) is 10.7. The van der Waals surface area contributed by atoms with Gasteiger partial charge in [-0.25, -0.2) is 4.79 Å². The summed E-state index contributed by atoms with van der Waals surface area (Å²) < 4.78 is 45.2. The van der Waals surface area contributed by atoms with Crippen molar-refractivity contribution in [1.29, 1.82) is 0 Å². The Kier molecular flexibility index (Phi) is 5.78.